The van der Waals surface area contributed by atoms with Crippen molar-refractivity contribution in [2.45, 2.75) is 20.3 Å². The van der Waals surface area contributed by atoms with E-state index in [0.29, 0.717) is 6.61 Å². The number of ether oxygens (including phenoxy) is 1. The normalized spacial score (nSPS) is 14.2. The van der Waals surface area contributed by atoms with E-state index in [1.807, 2.05) is 0 Å². The predicted octanol–water partition coefficient (Wildman–Crippen LogP) is 9.36. The van der Waals surface area contributed by atoms with E-state index in [9.17, 15) is 0 Å². The van der Waals surface area contributed by atoms with Crippen molar-refractivity contribution in [2.24, 2.45) is 0 Å². The summed E-state index contributed by atoms with van der Waals surface area (Å²) in [6, 6.07) is 52.7. The Hall–Kier alpha value is -5.77. The van der Waals surface area contributed by atoms with E-state index in [0.717, 1.165) is 91.5 Å². The number of alkyl halides is 2. The number of hydrogen-bond donors (Lipinski definition) is 0. The fraction of sp³-hybridized carbons (Fsp3) is 0.160. The number of para-hydroxylation sites is 5. The number of anilines is 2. The monoisotopic (exact) mass is 862 g/mol. The summed E-state index contributed by atoms with van der Waals surface area (Å²) in [4.78, 5) is 6.89. The van der Waals surface area contributed by atoms with Crippen LogP contribution in [0.1, 0.15) is 17.5 Å². The first-order valence-electron chi connectivity index (χ1n) is 19.5. The van der Waals surface area contributed by atoms with Gasteiger partial charge in [-0.1, -0.05) is 0 Å². The fourth-order valence-corrected chi connectivity index (χ4v) is 11.9. The van der Waals surface area contributed by atoms with Gasteiger partial charge < -0.3 is 0 Å². The van der Waals surface area contributed by atoms with E-state index in [-0.39, 0.29) is 0 Å². The third-order valence-electron chi connectivity index (χ3n) is 11.1. The summed E-state index contributed by atoms with van der Waals surface area (Å²) in [6.07, 6.45) is 0.830. The minimum absolute atomic E-state index is 0.639. The van der Waals surface area contributed by atoms with Crippen molar-refractivity contribution in [2.75, 3.05) is 35.0 Å². The van der Waals surface area contributed by atoms with Crippen molar-refractivity contribution in [3.63, 3.8) is 0 Å². The maximum atomic E-state index is 7.61. The first-order valence-corrected chi connectivity index (χ1v) is 25.5. The van der Waals surface area contributed by atoms with Crippen LogP contribution in [0.4, 0.5) is 11.4 Å². The standard InChI is InChI=1S/C50H45IN3O3/c1-33-29-40-39-21-6-11-22-41(39)52(27-16-28-55-5)46-30-34(2)32-48(54-44-25-14-9-19-37(44)38-20-10-15-26-45(38)54)50(46)57-51(3,4)56-49(40)47(31-33)53-42-23-12-7-17-35(42)36-18-8-13-24-43(36)53/h6-15,17-26,29-32H,16,27-28H2,1-5H3/q-1. The van der Waals surface area contributed by atoms with Gasteiger partial charge in [-0.25, -0.2) is 0 Å². The summed E-state index contributed by atoms with van der Waals surface area (Å²) >= 11 is -3.67. The van der Waals surface area contributed by atoms with Crippen LogP contribution in [-0.2, 0) is 4.74 Å². The number of nitrogens with zero attached hydrogens (tertiary/aromatic N) is 3. The van der Waals surface area contributed by atoms with Crippen LogP contribution in [0, 0.1) is 13.8 Å². The van der Waals surface area contributed by atoms with Crippen molar-refractivity contribution in [1.82, 2.24) is 9.13 Å². The topological polar surface area (TPSA) is 40.8 Å². The fourth-order valence-electron chi connectivity index (χ4n) is 8.81. The molecule has 0 radical (unpaired) electrons. The minimum atomic E-state index is -3.67. The Kier molecular flexibility index (Phi) is 8.76. The number of fused-ring (bicyclic) bond motifs is 10. The molecule has 1 aliphatic rings. The second-order valence-electron chi connectivity index (χ2n) is 15.3. The van der Waals surface area contributed by atoms with Crippen LogP contribution < -0.4 is 30.3 Å². The molecule has 0 amide bonds. The molecule has 7 aromatic carbocycles. The third kappa shape index (κ3) is 5.94. The van der Waals surface area contributed by atoms with Crippen molar-refractivity contribution in [1.29, 1.82) is 0 Å². The first-order chi connectivity index (χ1) is 27.8. The molecule has 0 saturated carbocycles. The van der Waals surface area contributed by atoms with Crippen LogP contribution in [0.25, 0.3) is 66.1 Å². The Morgan fingerprint density at radius 3 is 1.47 bits per heavy atom. The SMILES string of the molecule is COCCCN1c2ccccc2-c2cc(C)cc(-n3c4ccccc4c4ccccc43)c2O[I-](C)(C)Oc2c1cc(C)cc2-n1c2ccccc2c2ccccc21. The van der Waals surface area contributed by atoms with E-state index in [1.54, 1.807) is 7.11 Å². The predicted molar refractivity (Wildman–Crippen MR) is 233 cm³/mol. The molecule has 0 saturated heterocycles. The van der Waals surface area contributed by atoms with Gasteiger partial charge >= 0.3 is 340 Å². The number of hydrogen-bond acceptors (Lipinski definition) is 4. The van der Waals surface area contributed by atoms with Crippen LogP contribution in [-0.4, -0.2) is 39.3 Å². The number of halogens is 1. The molecule has 1 aliphatic heterocycles. The molecular weight excluding hydrogens is 817 g/mol. The number of methoxy groups -OCH3 is 1. The summed E-state index contributed by atoms with van der Waals surface area (Å²) in [5.41, 5.74) is 13.2. The number of rotatable bonds is 6. The Labute approximate surface area is 338 Å². The van der Waals surface area contributed by atoms with Crippen molar-refractivity contribution < 1.29 is 30.1 Å². The van der Waals surface area contributed by atoms with Crippen LogP contribution in [0.15, 0.2) is 146 Å². The molecular formula is C50H45IN3O3-. The van der Waals surface area contributed by atoms with E-state index in [1.165, 1.54) is 21.5 Å². The van der Waals surface area contributed by atoms with E-state index < -0.39 is 19.3 Å². The molecule has 3 heterocycles. The number of aryl methyl sites for hydroxylation is 2. The molecule has 9 aromatic rings. The molecule has 0 aliphatic carbocycles. The van der Waals surface area contributed by atoms with Crippen molar-refractivity contribution >= 4 is 55.0 Å². The summed E-state index contributed by atoms with van der Waals surface area (Å²) < 4.78 is 25.6. The van der Waals surface area contributed by atoms with E-state index in [4.69, 9.17) is 10.9 Å². The van der Waals surface area contributed by atoms with Crippen molar-refractivity contribution in [3.8, 4) is 34.0 Å². The zero-order valence-electron chi connectivity index (χ0n) is 32.9. The molecule has 0 fully saturated rings. The molecule has 57 heavy (non-hydrogen) atoms. The zero-order chi connectivity index (χ0) is 38.8. The molecule has 10 rings (SSSR count). The molecule has 7 heteroatoms. The Bertz CT molecular complexity index is 2910. The molecule has 0 spiro atoms. The Balaban J connectivity index is 1.30. The molecule has 6 nitrogen and oxygen atoms in total. The van der Waals surface area contributed by atoms with E-state index in [2.05, 4.69) is 183 Å². The van der Waals surface area contributed by atoms with Gasteiger partial charge in [-0.15, -0.1) is 0 Å². The molecule has 0 N–H and O–H groups in total. The second kappa shape index (κ2) is 14.0. The zero-order valence-corrected chi connectivity index (χ0v) is 35.1. The summed E-state index contributed by atoms with van der Waals surface area (Å²) in [5, 5.41) is 4.85. The maximum absolute atomic E-state index is 7.61. The molecule has 2 aromatic heterocycles. The van der Waals surface area contributed by atoms with Gasteiger partial charge in [0, 0.05) is 0 Å². The average molecular weight is 863 g/mol. The van der Waals surface area contributed by atoms with E-state index >= 15 is 0 Å². The van der Waals surface area contributed by atoms with Crippen molar-refractivity contribution in [3.05, 3.63) is 157 Å². The van der Waals surface area contributed by atoms with Gasteiger partial charge in [-0.3, -0.25) is 0 Å². The summed E-state index contributed by atoms with van der Waals surface area (Å²) in [6.45, 7) is 5.75. The number of aromatic nitrogens is 2. The molecule has 0 unspecified atom stereocenters. The summed E-state index contributed by atoms with van der Waals surface area (Å²) in [5.74, 6) is 1.67. The Morgan fingerprint density at radius 1 is 0.491 bits per heavy atom. The van der Waals surface area contributed by atoms with Gasteiger partial charge in [0.2, 0.25) is 0 Å². The summed E-state index contributed by atoms with van der Waals surface area (Å²) in [7, 11) is 1.78. The average Bonchev–Trinajstić information content (AvgIpc) is 3.73. The third-order valence-corrected chi connectivity index (χ3v) is 14.1. The molecule has 0 bridgehead atoms. The van der Waals surface area contributed by atoms with Crippen LogP contribution in [0.2, 0.25) is 0 Å². The quantitative estimate of drug-likeness (QED) is 0.0950. The first kappa shape index (κ1) is 35.6. The Morgan fingerprint density at radius 2 is 0.930 bits per heavy atom. The van der Waals surface area contributed by atoms with Gasteiger partial charge in [-0.2, -0.15) is 0 Å². The molecule has 286 valence electrons. The van der Waals surface area contributed by atoms with Gasteiger partial charge in [0.1, 0.15) is 0 Å². The van der Waals surface area contributed by atoms with Crippen LogP contribution in [0.3, 0.4) is 0 Å². The van der Waals surface area contributed by atoms with Crippen LogP contribution in [0.5, 0.6) is 11.5 Å². The van der Waals surface area contributed by atoms with Gasteiger partial charge in [0.25, 0.3) is 0 Å². The van der Waals surface area contributed by atoms with Crippen LogP contribution >= 0.6 is 0 Å². The number of benzene rings is 7. The van der Waals surface area contributed by atoms with Gasteiger partial charge in [-0.05, 0) is 0 Å². The second-order valence-corrected chi connectivity index (χ2v) is 22.2. The van der Waals surface area contributed by atoms with Gasteiger partial charge in [0.15, 0.2) is 0 Å². The molecule has 0 atom stereocenters. The van der Waals surface area contributed by atoms with Gasteiger partial charge in [0.05, 0.1) is 0 Å².